The molecule has 3 nitrogen and oxygen atoms in total. The molecule has 1 rings (SSSR count). The molecule has 3 heteroatoms. The van der Waals surface area contributed by atoms with Crippen LogP contribution in [0.5, 0.6) is 0 Å². The summed E-state index contributed by atoms with van der Waals surface area (Å²) in [5.41, 5.74) is 0. The van der Waals surface area contributed by atoms with Crippen LogP contribution in [-0.2, 0) is 9.53 Å². The Morgan fingerprint density at radius 3 is 2.73 bits per heavy atom. The minimum Gasteiger partial charge on any atom is -0.365 e. The van der Waals surface area contributed by atoms with Gasteiger partial charge in [-0.3, -0.25) is 4.79 Å². The van der Waals surface area contributed by atoms with Gasteiger partial charge in [-0.2, -0.15) is 0 Å². The number of carbonyl (C=O) groups is 1. The number of ether oxygens (including phenoxy) is 1. The Balaban J connectivity index is 2.68. The van der Waals surface area contributed by atoms with Crippen LogP contribution in [0.2, 0.25) is 0 Å². The summed E-state index contributed by atoms with van der Waals surface area (Å²) in [6.45, 7) is 3.77. The average molecular weight is 156 g/mol. The van der Waals surface area contributed by atoms with Gasteiger partial charge in [-0.25, -0.2) is 0 Å². The zero-order valence-corrected chi connectivity index (χ0v) is 6.65. The second kappa shape index (κ2) is 3.15. The summed E-state index contributed by atoms with van der Waals surface area (Å²) in [6, 6.07) is 0. The summed E-state index contributed by atoms with van der Waals surface area (Å²) >= 11 is 0. The first kappa shape index (κ1) is 8.43. The average Bonchev–Trinajstić information content (AvgIpc) is 1.94. The minimum absolute atomic E-state index is 0.0645. The monoisotopic (exact) mass is 156 g/mol. The summed E-state index contributed by atoms with van der Waals surface area (Å²) in [7, 11) is 0. The fourth-order valence-electron chi connectivity index (χ4n) is 1.02. The molecule has 0 radical (unpaired) electrons. The molecule has 0 fully saturated rings. The molecule has 62 valence electrons. The number of carbonyl (C=O) groups excluding carboxylic acids is 1. The first-order chi connectivity index (χ1) is 5.11. The molecule has 0 saturated carbocycles. The fraction of sp³-hybridized carbons (Fsp3) is 0.625. The topological polar surface area (TPSA) is 46.5 Å². The summed E-state index contributed by atoms with van der Waals surface area (Å²) < 4.78 is 4.98. The van der Waals surface area contributed by atoms with Crippen LogP contribution < -0.4 is 0 Å². The highest BCUT2D eigenvalue weighted by molar-refractivity contribution is 5.94. The first-order valence-corrected chi connectivity index (χ1v) is 3.67. The van der Waals surface area contributed by atoms with Gasteiger partial charge in [-0.15, -0.1) is 0 Å². The predicted molar refractivity (Wildman–Crippen MR) is 39.9 cm³/mol. The second-order valence-corrected chi connectivity index (χ2v) is 2.95. The maximum Gasteiger partial charge on any atom is 0.184 e. The van der Waals surface area contributed by atoms with Gasteiger partial charge in [0.2, 0.25) is 0 Å². The number of aliphatic hydroxyl groups is 1. The first-order valence-electron chi connectivity index (χ1n) is 3.67. The number of rotatable bonds is 1. The molecule has 0 aliphatic carbocycles. The maximum absolute atomic E-state index is 11.1. The molecule has 1 aliphatic heterocycles. The standard InChI is InChI=1S/C8H12O3/c1-5(2)8-6(9)3-4-7(10)11-8/h3-5,7-8,10H,1-2H3/t7?,8-/m0/s1. The van der Waals surface area contributed by atoms with E-state index in [1.54, 1.807) is 0 Å². The van der Waals surface area contributed by atoms with Crippen molar-refractivity contribution in [1.82, 2.24) is 0 Å². The zero-order chi connectivity index (χ0) is 8.43. The second-order valence-electron chi connectivity index (χ2n) is 2.95. The van der Waals surface area contributed by atoms with Crippen molar-refractivity contribution >= 4 is 5.78 Å². The van der Waals surface area contributed by atoms with Crippen molar-refractivity contribution in [3.05, 3.63) is 12.2 Å². The van der Waals surface area contributed by atoms with Gasteiger partial charge in [0.15, 0.2) is 12.1 Å². The third-order valence-corrected chi connectivity index (χ3v) is 1.60. The molecule has 0 aromatic carbocycles. The highest BCUT2D eigenvalue weighted by atomic mass is 16.6. The van der Waals surface area contributed by atoms with Crippen molar-refractivity contribution in [2.24, 2.45) is 5.92 Å². The lowest BCUT2D eigenvalue weighted by molar-refractivity contribution is -0.154. The molecule has 1 N–H and O–H groups in total. The van der Waals surface area contributed by atoms with Crippen LogP contribution in [0.1, 0.15) is 13.8 Å². The molecule has 0 saturated heterocycles. The number of aliphatic hydroxyl groups excluding tert-OH is 1. The van der Waals surface area contributed by atoms with Crippen molar-refractivity contribution in [1.29, 1.82) is 0 Å². The number of hydrogen-bond donors (Lipinski definition) is 1. The third-order valence-electron chi connectivity index (χ3n) is 1.60. The van der Waals surface area contributed by atoms with E-state index >= 15 is 0 Å². The van der Waals surface area contributed by atoms with E-state index in [4.69, 9.17) is 9.84 Å². The van der Waals surface area contributed by atoms with Crippen molar-refractivity contribution in [3.63, 3.8) is 0 Å². The fourth-order valence-corrected chi connectivity index (χ4v) is 1.02. The van der Waals surface area contributed by atoms with Crippen molar-refractivity contribution < 1.29 is 14.6 Å². The van der Waals surface area contributed by atoms with E-state index < -0.39 is 12.4 Å². The molecular formula is C8H12O3. The van der Waals surface area contributed by atoms with Gasteiger partial charge in [-0.05, 0) is 18.1 Å². The lowest BCUT2D eigenvalue weighted by Gasteiger charge is -2.24. The van der Waals surface area contributed by atoms with Gasteiger partial charge in [0.1, 0.15) is 6.10 Å². The minimum atomic E-state index is -0.917. The van der Waals surface area contributed by atoms with Crippen LogP contribution in [0.15, 0.2) is 12.2 Å². The quantitative estimate of drug-likeness (QED) is 0.600. The van der Waals surface area contributed by atoms with Gasteiger partial charge >= 0.3 is 0 Å². The van der Waals surface area contributed by atoms with E-state index in [1.165, 1.54) is 12.2 Å². The van der Waals surface area contributed by atoms with Gasteiger partial charge < -0.3 is 9.84 Å². The Hall–Kier alpha value is -0.670. The van der Waals surface area contributed by atoms with Crippen molar-refractivity contribution in [3.8, 4) is 0 Å². The van der Waals surface area contributed by atoms with E-state index in [0.29, 0.717) is 0 Å². The smallest absolute Gasteiger partial charge is 0.184 e. The highest BCUT2D eigenvalue weighted by Gasteiger charge is 2.26. The zero-order valence-electron chi connectivity index (χ0n) is 6.65. The molecule has 1 unspecified atom stereocenters. The molecule has 0 amide bonds. The molecule has 1 heterocycles. The SMILES string of the molecule is CC(C)[C@@H]1OC(O)C=CC1=O. The predicted octanol–water partition coefficient (Wildman–Crippen LogP) is 0.485. The lowest BCUT2D eigenvalue weighted by Crippen LogP contribution is -2.35. The molecular weight excluding hydrogens is 144 g/mol. The molecule has 1 aliphatic rings. The molecule has 0 aromatic rings. The normalized spacial score (nSPS) is 31.5. The maximum atomic E-state index is 11.1. The van der Waals surface area contributed by atoms with E-state index in [1.807, 2.05) is 13.8 Å². The molecule has 0 spiro atoms. The number of hydrogen-bond acceptors (Lipinski definition) is 3. The highest BCUT2D eigenvalue weighted by Crippen LogP contribution is 2.14. The van der Waals surface area contributed by atoms with E-state index in [9.17, 15) is 4.79 Å². The summed E-state index contributed by atoms with van der Waals surface area (Å²) in [5, 5.41) is 8.98. The Morgan fingerprint density at radius 2 is 2.27 bits per heavy atom. The van der Waals surface area contributed by atoms with Crippen LogP contribution in [0.3, 0.4) is 0 Å². The summed E-state index contributed by atoms with van der Waals surface area (Å²) in [5.74, 6) is 0.0485. The third kappa shape index (κ3) is 1.88. The molecule has 0 bridgehead atoms. The van der Waals surface area contributed by atoms with Crippen LogP contribution in [0.25, 0.3) is 0 Å². The Morgan fingerprint density at radius 1 is 1.64 bits per heavy atom. The number of ketones is 1. The van der Waals surface area contributed by atoms with E-state index in [0.717, 1.165) is 0 Å². The van der Waals surface area contributed by atoms with Gasteiger partial charge in [0, 0.05) is 0 Å². The van der Waals surface area contributed by atoms with E-state index in [2.05, 4.69) is 0 Å². The lowest BCUT2D eigenvalue weighted by atomic mass is 10.0. The molecule has 11 heavy (non-hydrogen) atoms. The summed E-state index contributed by atoms with van der Waals surface area (Å²) in [4.78, 5) is 11.1. The van der Waals surface area contributed by atoms with Gasteiger partial charge in [0.05, 0.1) is 0 Å². The van der Waals surface area contributed by atoms with Crippen LogP contribution in [-0.4, -0.2) is 23.3 Å². The van der Waals surface area contributed by atoms with Gasteiger partial charge in [0.25, 0.3) is 0 Å². The Labute approximate surface area is 65.7 Å². The summed E-state index contributed by atoms with van der Waals surface area (Å²) in [6.07, 6.45) is 1.33. The largest absolute Gasteiger partial charge is 0.365 e. The van der Waals surface area contributed by atoms with Crippen molar-refractivity contribution in [2.75, 3.05) is 0 Å². The van der Waals surface area contributed by atoms with Crippen LogP contribution >= 0.6 is 0 Å². The van der Waals surface area contributed by atoms with Gasteiger partial charge in [-0.1, -0.05) is 13.8 Å². The molecule has 0 aromatic heterocycles. The van der Waals surface area contributed by atoms with E-state index in [-0.39, 0.29) is 11.7 Å². The van der Waals surface area contributed by atoms with Crippen LogP contribution in [0, 0.1) is 5.92 Å². The van der Waals surface area contributed by atoms with Crippen molar-refractivity contribution in [2.45, 2.75) is 26.2 Å². The Bertz CT molecular complexity index is 184. The molecule has 2 atom stereocenters. The Kier molecular flexibility index (Phi) is 2.42. The van der Waals surface area contributed by atoms with Crippen LogP contribution in [0.4, 0.5) is 0 Å².